The number of thiocarbonyl (C=S) groups is 1. The van der Waals surface area contributed by atoms with E-state index in [1.165, 1.54) is 10.5 Å². The highest BCUT2D eigenvalue weighted by Crippen LogP contribution is 2.40. The predicted octanol–water partition coefficient (Wildman–Crippen LogP) is 5.24. The van der Waals surface area contributed by atoms with Crippen molar-refractivity contribution in [2.24, 2.45) is 0 Å². The molecule has 0 radical (unpaired) electrons. The molecule has 0 aromatic heterocycles. The predicted molar refractivity (Wildman–Crippen MR) is 139 cm³/mol. The first-order chi connectivity index (χ1) is 15.5. The van der Waals surface area contributed by atoms with E-state index in [2.05, 4.69) is 57.0 Å². The van der Waals surface area contributed by atoms with Crippen LogP contribution in [0.3, 0.4) is 0 Å². The number of carbonyl (C=O) groups is 2. The van der Waals surface area contributed by atoms with Crippen molar-refractivity contribution >= 4 is 52.2 Å². The van der Waals surface area contributed by atoms with Gasteiger partial charge >= 0.3 is 0 Å². The van der Waals surface area contributed by atoms with Crippen molar-refractivity contribution in [2.75, 3.05) is 9.80 Å². The van der Waals surface area contributed by atoms with E-state index in [-0.39, 0.29) is 16.2 Å². The van der Waals surface area contributed by atoms with E-state index < -0.39 is 11.8 Å². The molecule has 0 atom stereocenters. The molecule has 0 spiro atoms. The lowest BCUT2D eigenvalue weighted by Gasteiger charge is -2.46. The Hall–Kier alpha value is -3.25. The van der Waals surface area contributed by atoms with Crippen molar-refractivity contribution in [2.45, 2.75) is 53.1 Å². The monoisotopic (exact) mass is 459 g/mol. The van der Waals surface area contributed by atoms with E-state index in [9.17, 15) is 9.59 Å². The smallest absolute Gasteiger partial charge is 0.270 e. The lowest BCUT2D eigenvalue weighted by Crippen LogP contribution is -2.54. The standard InChI is InChI=1S/C27H29N3O2S/c1-16(2)30-23-12-9-19(13-21(23)18(4)15-27(30,5)6)14-22-24(31)28-26(33)29(25(22)32)20-10-7-17(3)8-11-20/h7-16H,1-6H3,(H,28,31,33)/b22-14+. The Morgan fingerprint density at radius 2 is 1.70 bits per heavy atom. The fourth-order valence-corrected chi connectivity index (χ4v) is 5.13. The third-order valence-corrected chi connectivity index (χ3v) is 6.40. The van der Waals surface area contributed by atoms with E-state index >= 15 is 0 Å². The molecule has 2 aromatic carbocycles. The topological polar surface area (TPSA) is 52.7 Å². The molecular formula is C27H29N3O2S. The molecule has 0 bridgehead atoms. The maximum atomic E-state index is 13.3. The van der Waals surface area contributed by atoms with Gasteiger partial charge in [-0.25, -0.2) is 0 Å². The molecule has 6 heteroatoms. The summed E-state index contributed by atoms with van der Waals surface area (Å²) in [6, 6.07) is 13.9. The van der Waals surface area contributed by atoms with E-state index in [1.54, 1.807) is 6.08 Å². The molecule has 5 nitrogen and oxygen atoms in total. The summed E-state index contributed by atoms with van der Waals surface area (Å²) in [5.41, 5.74) is 5.88. The SMILES string of the molecule is CC1=CC(C)(C)N(C(C)C)c2ccc(/C=C3\C(=O)NC(=S)N(c4ccc(C)cc4)C3=O)cc21. The van der Waals surface area contributed by atoms with Crippen LogP contribution in [0.15, 0.2) is 54.1 Å². The fraction of sp³-hybridized carbons (Fsp3) is 0.296. The number of anilines is 2. The third-order valence-electron chi connectivity index (χ3n) is 6.12. The van der Waals surface area contributed by atoms with Crippen LogP contribution in [0.4, 0.5) is 11.4 Å². The first-order valence-corrected chi connectivity index (χ1v) is 11.5. The Morgan fingerprint density at radius 3 is 2.33 bits per heavy atom. The van der Waals surface area contributed by atoms with Crippen molar-refractivity contribution in [1.82, 2.24) is 5.32 Å². The molecule has 1 N–H and O–H groups in total. The van der Waals surface area contributed by atoms with Crippen molar-refractivity contribution in [3.05, 3.63) is 70.8 Å². The van der Waals surface area contributed by atoms with Crippen LogP contribution in [-0.4, -0.2) is 28.5 Å². The number of rotatable bonds is 3. The van der Waals surface area contributed by atoms with Gasteiger partial charge in [0.05, 0.1) is 11.2 Å². The minimum absolute atomic E-state index is 0.0580. The van der Waals surface area contributed by atoms with Crippen LogP contribution >= 0.6 is 12.2 Å². The molecule has 2 aromatic rings. The second-order valence-electron chi connectivity index (χ2n) is 9.51. The summed E-state index contributed by atoms with van der Waals surface area (Å²) >= 11 is 5.30. The molecular weight excluding hydrogens is 430 g/mol. The molecule has 2 heterocycles. The summed E-state index contributed by atoms with van der Waals surface area (Å²) in [5, 5.41) is 2.74. The Labute approximate surface area is 200 Å². The molecule has 2 aliphatic rings. The lowest BCUT2D eigenvalue weighted by atomic mass is 9.86. The van der Waals surface area contributed by atoms with Crippen LogP contribution in [0.25, 0.3) is 11.6 Å². The minimum Gasteiger partial charge on any atom is -0.360 e. The van der Waals surface area contributed by atoms with E-state index in [0.29, 0.717) is 11.7 Å². The molecule has 1 fully saturated rings. The third kappa shape index (κ3) is 4.11. The molecule has 4 rings (SSSR count). The Kier molecular flexibility index (Phi) is 5.74. The van der Waals surface area contributed by atoms with Gasteiger partial charge in [-0.3, -0.25) is 19.8 Å². The maximum Gasteiger partial charge on any atom is 0.270 e. The van der Waals surface area contributed by atoms with Gasteiger partial charge in [-0.2, -0.15) is 0 Å². The number of allylic oxidation sites excluding steroid dienone is 1. The number of benzene rings is 2. The van der Waals surface area contributed by atoms with Crippen LogP contribution < -0.4 is 15.1 Å². The van der Waals surface area contributed by atoms with Gasteiger partial charge in [-0.1, -0.05) is 29.8 Å². The molecule has 2 aliphatic heterocycles. The number of amides is 2. The van der Waals surface area contributed by atoms with Gasteiger partial charge in [0.25, 0.3) is 11.8 Å². The summed E-state index contributed by atoms with van der Waals surface area (Å²) in [4.78, 5) is 29.8. The lowest BCUT2D eigenvalue weighted by molar-refractivity contribution is -0.122. The molecule has 2 amide bonds. The zero-order valence-corrected chi connectivity index (χ0v) is 20.7. The normalized spacial score (nSPS) is 19.1. The number of carbonyl (C=O) groups excluding carboxylic acids is 2. The number of fused-ring (bicyclic) bond motifs is 1. The van der Waals surface area contributed by atoms with Crippen molar-refractivity contribution in [3.8, 4) is 0 Å². The number of nitrogens with one attached hydrogen (secondary N) is 1. The Balaban J connectivity index is 1.75. The van der Waals surface area contributed by atoms with Crippen molar-refractivity contribution < 1.29 is 9.59 Å². The largest absolute Gasteiger partial charge is 0.360 e. The Bertz CT molecular complexity index is 1220. The van der Waals surface area contributed by atoms with Crippen LogP contribution in [-0.2, 0) is 9.59 Å². The number of nitrogens with zero attached hydrogens (tertiary/aromatic N) is 2. The summed E-state index contributed by atoms with van der Waals surface area (Å²) in [6.07, 6.45) is 3.91. The van der Waals surface area contributed by atoms with E-state index in [1.807, 2.05) is 43.3 Å². The average Bonchev–Trinajstić information content (AvgIpc) is 2.71. The summed E-state index contributed by atoms with van der Waals surface area (Å²) in [7, 11) is 0. The second-order valence-corrected chi connectivity index (χ2v) is 9.90. The zero-order valence-electron chi connectivity index (χ0n) is 19.9. The van der Waals surface area contributed by atoms with Crippen molar-refractivity contribution in [3.63, 3.8) is 0 Å². The first kappa shape index (κ1) is 22.9. The van der Waals surface area contributed by atoms with Gasteiger partial charge in [-0.05, 0) is 95.2 Å². The first-order valence-electron chi connectivity index (χ1n) is 11.1. The molecule has 1 saturated heterocycles. The maximum absolute atomic E-state index is 13.3. The van der Waals surface area contributed by atoms with Gasteiger partial charge in [0, 0.05) is 17.3 Å². The van der Waals surface area contributed by atoms with E-state index in [0.717, 1.165) is 22.4 Å². The van der Waals surface area contributed by atoms with Gasteiger partial charge in [-0.15, -0.1) is 0 Å². The van der Waals surface area contributed by atoms with E-state index in [4.69, 9.17) is 12.2 Å². The van der Waals surface area contributed by atoms with Crippen LogP contribution in [0.2, 0.25) is 0 Å². The molecule has 0 saturated carbocycles. The quantitative estimate of drug-likeness (QED) is 0.388. The highest BCUT2D eigenvalue weighted by atomic mass is 32.1. The molecule has 33 heavy (non-hydrogen) atoms. The van der Waals surface area contributed by atoms with Crippen LogP contribution in [0.5, 0.6) is 0 Å². The molecule has 170 valence electrons. The number of hydrogen-bond donors (Lipinski definition) is 1. The van der Waals surface area contributed by atoms with Crippen molar-refractivity contribution in [1.29, 1.82) is 0 Å². The van der Waals surface area contributed by atoms with Gasteiger partial charge in [0.1, 0.15) is 5.57 Å². The Morgan fingerprint density at radius 1 is 1.03 bits per heavy atom. The minimum atomic E-state index is -0.483. The summed E-state index contributed by atoms with van der Waals surface area (Å²) < 4.78 is 0. The van der Waals surface area contributed by atoms with Gasteiger partial charge in [0.15, 0.2) is 5.11 Å². The fourth-order valence-electron chi connectivity index (χ4n) is 4.85. The van der Waals surface area contributed by atoms with Gasteiger partial charge < -0.3 is 4.90 Å². The second kappa shape index (κ2) is 8.27. The van der Waals surface area contributed by atoms with Gasteiger partial charge in [0.2, 0.25) is 0 Å². The summed E-state index contributed by atoms with van der Waals surface area (Å²) in [5.74, 6) is -0.911. The number of hydrogen-bond acceptors (Lipinski definition) is 4. The van der Waals surface area contributed by atoms with Crippen LogP contribution in [0.1, 0.15) is 51.3 Å². The zero-order chi connectivity index (χ0) is 24.1. The highest BCUT2D eigenvalue weighted by Gasteiger charge is 2.35. The van der Waals surface area contributed by atoms with Crippen LogP contribution in [0, 0.1) is 6.92 Å². The molecule has 0 unspecified atom stereocenters. The number of aryl methyl sites for hydroxylation is 1. The highest BCUT2D eigenvalue weighted by molar-refractivity contribution is 7.80. The average molecular weight is 460 g/mol. The molecule has 0 aliphatic carbocycles. The summed E-state index contributed by atoms with van der Waals surface area (Å²) in [6.45, 7) is 12.9.